The van der Waals surface area contributed by atoms with Crippen molar-refractivity contribution in [3.05, 3.63) is 174 Å². The minimum absolute atomic E-state index is 0.00701. The van der Waals surface area contributed by atoms with Crippen LogP contribution in [0, 0.1) is 81.8 Å². The third kappa shape index (κ3) is 51.1. The summed E-state index contributed by atoms with van der Waals surface area (Å²) in [6, 6.07) is 9.78. The maximum absolute atomic E-state index is 13.8. The summed E-state index contributed by atoms with van der Waals surface area (Å²) in [5, 5.41) is 0.182. The highest BCUT2D eigenvalue weighted by molar-refractivity contribution is 6.31. The maximum atomic E-state index is 13.8. The highest BCUT2D eigenvalue weighted by Gasteiger charge is 2.32. The number of aromatic nitrogens is 11. The second-order valence-corrected chi connectivity index (χ2v) is 50.9. The number of rotatable bonds is 26. The highest BCUT2D eigenvalue weighted by Crippen LogP contribution is 2.32. The highest BCUT2D eigenvalue weighted by atomic mass is 35.5. The molecule has 0 bridgehead atoms. The number of carbonyl (C=O) groups is 7. The molecule has 0 fully saturated rings. The summed E-state index contributed by atoms with van der Waals surface area (Å²) in [6.45, 7) is 88.0. The summed E-state index contributed by atoms with van der Waals surface area (Å²) in [5.74, 6) is 0.171. The molecule has 7 aromatic heterocycles. The van der Waals surface area contributed by atoms with Crippen molar-refractivity contribution < 1.29 is 56.9 Å². The monoisotopic (exact) mass is 1910 g/mol. The van der Waals surface area contributed by atoms with Crippen molar-refractivity contribution in [1.82, 2.24) is 53.6 Å². The number of hydrogen-bond donors (Lipinski definition) is 0. The average molecular weight is 1910 g/mol. The van der Waals surface area contributed by atoms with E-state index in [9.17, 15) is 52.3 Å². The number of hydrogen-bond acceptors (Lipinski definition) is 22. The largest absolute Gasteiger partial charge is 0.490 e. The smallest absolute Gasteiger partial charge is 0.316 e. The molecule has 7 rings (SSSR count). The van der Waals surface area contributed by atoms with Gasteiger partial charge in [0.25, 0.3) is 22.6 Å². The molecule has 25 nitrogen and oxygen atoms in total. The summed E-state index contributed by atoms with van der Waals surface area (Å²) >= 11 is 6.05. The van der Waals surface area contributed by atoms with E-state index in [1.54, 1.807) is 83.7 Å². The first-order chi connectivity index (χ1) is 61.2. The van der Waals surface area contributed by atoms with Crippen LogP contribution < -0.4 is 35.6 Å². The standard InChI is InChI=1S/C17H27NO2.2C16H25NO2.C15H23ClN2O2.C15H23FN2O2.2C15H24N2O2/c1-16(2,3)10-7-11-18-12-13(8-9-14(18)19)15(20)17(4,5)6;1-15(2,3)8-10-17-9-7-12(11-13(17)18)14(19)16(4,5)6;1-15(2,3)9-10-17-11-12(7-8-13(17)18)14(19)16(4,5)6;2*1-14(2,3)7-8-20-10-9-17-13(18-12(10)16)11(19)15(4,5)6;1-14(2,3)7-8-19-11-9-16-13(17-10-11)12(18)15(4,5)6;1-14(2,3)7-8-19-13-16-9-11(10-17-13)12(18)15(4,5)6/h8-9,12H,7,10-11H2,1-6H3;7,9,11H,8,10H2,1-6H3;7-8,11H,9-10H2,1-6H3;2*9H,7-8H2,1-6H3;2*9-10H,7-8H2,1-6H3. The van der Waals surface area contributed by atoms with Gasteiger partial charge >= 0.3 is 6.01 Å². The lowest BCUT2D eigenvalue weighted by Gasteiger charge is -2.20. The Morgan fingerprint density at radius 2 is 0.610 bits per heavy atom. The molecule has 0 saturated carbocycles. The summed E-state index contributed by atoms with van der Waals surface area (Å²) in [7, 11) is 0. The Balaban J connectivity index is 0.000000793. The van der Waals surface area contributed by atoms with Gasteiger partial charge in [-0.3, -0.25) is 47.9 Å². The summed E-state index contributed by atoms with van der Waals surface area (Å²) in [6.07, 6.45) is 21.4. The van der Waals surface area contributed by atoms with Crippen LogP contribution in [0.3, 0.4) is 0 Å². The van der Waals surface area contributed by atoms with Crippen LogP contribution in [0.25, 0.3) is 0 Å². The molecule has 0 N–H and O–H groups in total. The zero-order valence-corrected chi connectivity index (χ0v) is 91.9. The summed E-state index contributed by atoms with van der Waals surface area (Å²) in [4.78, 5) is 152. The predicted octanol–water partition coefficient (Wildman–Crippen LogP) is 25.8. The van der Waals surface area contributed by atoms with E-state index in [1.807, 2.05) is 125 Å². The van der Waals surface area contributed by atoms with Crippen LogP contribution in [-0.2, 0) is 19.6 Å². The first-order valence-corrected chi connectivity index (χ1v) is 47.8. The van der Waals surface area contributed by atoms with Gasteiger partial charge in [-0.25, -0.2) is 34.9 Å². The van der Waals surface area contributed by atoms with Crippen molar-refractivity contribution in [2.24, 2.45) is 75.8 Å². The molecule has 0 aliphatic heterocycles. The van der Waals surface area contributed by atoms with Crippen LogP contribution >= 0.6 is 11.6 Å². The van der Waals surface area contributed by atoms with Crippen LogP contribution in [0.5, 0.6) is 23.3 Å². The normalized spacial score (nSPS) is 12.4. The third-order valence-electron chi connectivity index (χ3n) is 20.0. The van der Waals surface area contributed by atoms with Crippen molar-refractivity contribution in [1.29, 1.82) is 0 Å². The Morgan fingerprint density at radius 3 is 0.963 bits per heavy atom. The molecule has 0 atom stereocenters. The SMILES string of the molecule is CC(C)(C)CCCn1cc(C(=O)C(C)(C)C)ccc1=O.CC(C)(C)CCOc1cnc(C(=O)C(C)(C)C)nc1.CC(C)(C)CCOc1cnc(C(=O)C(C)(C)C)nc1Cl.CC(C)(C)CCOc1cnc(C(=O)C(C)(C)C)nc1F.CC(C)(C)CCOc1ncc(C(=O)C(C)(C)C)cn1.CC(C)(C)CCn1cc(C(=O)C(C)(C)C)ccc1=O.CC(C)(C)CCn1ccc(C(=O)C(C)(C)C)cc1=O. The number of pyridine rings is 3. The predicted molar refractivity (Wildman–Crippen MR) is 547 cm³/mol. The van der Waals surface area contributed by atoms with Gasteiger partial charge in [-0.1, -0.05) is 302 Å². The van der Waals surface area contributed by atoms with Gasteiger partial charge in [0.2, 0.25) is 17.3 Å². The molecular weight excluding hydrogens is 1740 g/mol. The maximum Gasteiger partial charge on any atom is 0.316 e. The molecule has 0 aliphatic rings. The molecule has 0 unspecified atom stereocenters. The number of halogens is 2. The molecule has 0 aromatic carbocycles. The summed E-state index contributed by atoms with van der Waals surface area (Å²) in [5.41, 5.74) is 0.119. The van der Waals surface area contributed by atoms with E-state index in [1.165, 1.54) is 43.0 Å². The van der Waals surface area contributed by atoms with Gasteiger partial charge in [0.05, 0.1) is 56.8 Å². The minimum Gasteiger partial charge on any atom is -0.490 e. The number of nitrogens with zero attached hydrogens (tertiary/aromatic N) is 11. The second kappa shape index (κ2) is 51.3. The quantitative estimate of drug-likeness (QED) is 0.0359. The second-order valence-electron chi connectivity index (χ2n) is 50.5. The van der Waals surface area contributed by atoms with Gasteiger partial charge < -0.3 is 32.6 Å². The third-order valence-corrected chi connectivity index (χ3v) is 20.3. The van der Waals surface area contributed by atoms with Crippen LogP contribution in [0.2, 0.25) is 5.15 Å². The van der Waals surface area contributed by atoms with Crippen LogP contribution in [0.15, 0.2) is 107 Å². The fraction of sp³-hybridized carbons (Fsp3) is 0.651. The molecule has 136 heavy (non-hydrogen) atoms. The molecule has 7 heterocycles. The van der Waals surface area contributed by atoms with Crippen molar-refractivity contribution in [2.45, 2.75) is 362 Å². The Kier molecular flexibility index (Phi) is 46.9. The molecule has 0 aliphatic carbocycles. The van der Waals surface area contributed by atoms with Crippen LogP contribution in [0.1, 0.15) is 415 Å². The summed E-state index contributed by atoms with van der Waals surface area (Å²) < 4.78 is 40.7. The molecule has 27 heteroatoms. The number of Topliss-reactive ketones (excluding diaryl/α,β-unsaturated/α-hetero) is 7. The van der Waals surface area contributed by atoms with Crippen LogP contribution in [-0.4, -0.2) is 120 Å². The fourth-order valence-corrected chi connectivity index (χ4v) is 11.1. The number of aryl methyl sites for hydroxylation is 3. The number of ketones is 7. The van der Waals surface area contributed by atoms with E-state index in [4.69, 9.17) is 30.5 Å². The zero-order chi connectivity index (χ0) is 106. The average Bonchev–Trinajstić information content (AvgIpc) is 0.845. The Bertz CT molecular complexity index is 5030. The lowest BCUT2D eigenvalue weighted by Crippen LogP contribution is -2.26. The van der Waals surface area contributed by atoms with Gasteiger partial charge in [0.15, 0.2) is 63.0 Å². The number of ether oxygens (including phenoxy) is 4. The Hall–Kier alpha value is -9.72. The topological polar surface area (TPSA) is 326 Å². The van der Waals surface area contributed by atoms with Crippen molar-refractivity contribution in [3.8, 4) is 23.3 Å². The fourth-order valence-electron chi connectivity index (χ4n) is 10.9. The van der Waals surface area contributed by atoms with Gasteiger partial charge in [0.1, 0.15) is 0 Å². The molecule has 0 amide bonds. The van der Waals surface area contributed by atoms with Gasteiger partial charge in [-0.15, -0.1) is 0 Å². The van der Waals surface area contributed by atoms with Crippen molar-refractivity contribution in [3.63, 3.8) is 0 Å². The zero-order valence-electron chi connectivity index (χ0n) is 91.2. The van der Waals surface area contributed by atoms with Gasteiger partial charge in [-0.2, -0.15) is 9.37 Å². The van der Waals surface area contributed by atoms with E-state index in [-0.39, 0.29) is 123 Å². The van der Waals surface area contributed by atoms with E-state index >= 15 is 0 Å². The first-order valence-electron chi connectivity index (χ1n) is 47.4. The van der Waals surface area contributed by atoms with Gasteiger partial charge in [0, 0.05) is 123 Å². The van der Waals surface area contributed by atoms with E-state index < -0.39 is 43.9 Å². The molecular formula is C109H171ClFN11O14. The van der Waals surface area contributed by atoms with Gasteiger partial charge in [-0.05, 0) is 107 Å². The lowest BCUT2D eigenvalue weighted by atomic mass is 9.87. The number of carbonyl (C=O) groups excluding carboxylic acids is 7. The lowest BCUT2D eigenvalue weighted by molar-refractivity contribution is 0.0840. The Labute approximate surface area is 819 Å². The Morgan fingerprint density at radius 1 is 0.301 bits per heavy atom. The molecule has 0 saturated heterocycles. The van der Waals surface area contributed by atoms with E-state index in [0.29, 0.717) is 85.8 Å². The van der Waals surface area contributed by atoms with E-state index in [2.05, 4.69) is 185 Å². The van der Waals surface area contributed by atoms with E-state index in [0.717, 1.165) is 51.4 Å². The van der Waals surface area contributed by atoms with Crippen LogP contribution in [0.4, 0.5) is 4.39 Å². The van der Waals surface area contributed by atoms with Crippen molar-refractivity contribution in [2.75, 3.05) is 26.4 Å². The van der Waals surface area contributed by atoms with Crippen molar-refractivity contribution >= 4 is 52.1 Å². The molecule has 760 valence electrons. The molecule has 0 spiro atoms. The minimum atomic E-state index is -0.790. The molecule has 0 radical (unpaired) electrons. The molecule has 7 aromatic rings. The first kappa shape index (κ1) is 124.